The summed E-state index contributed by atoms with van der Waals surface area (Å²) < 4.78 is 0. The maximum absolute atomic E-state index is 8.95. The molecule has 0 amide bonds. The normalized spacial score (nSPS) is 11.7. The van der Waals surface area contributed by atoms with Gasteiger partial charge in [0.25, 0.3) is 0 Å². The fraction of sp³-hybridized carbons (Fsp3) is 0. The number of nitrogens with zero attached hydrogens (tertiary/aromatic N) is 4. The molecule has 0 bridgehead atoms. The largest absolute Gasteiger partial charge is 0.409 e. The molecule has 0 fully saturated rings. The standard InChI is InChI=1S/C14H11N5OS/c15-14(19-20)10-7-17-11-4-2-1-3-9(11)13(10)21-12-5-6-16-8-18-12/h1-8,20H,(H2,15,19). The van der Waals surface area contributed by atoms with E-state index in [2.05, 4.69) is 20.1 Å². The van der Waals surface area contributed by atoms with E-state index in [1.54, 1.807) is 18.5 Å². The Balaban J connectivity index is 2.21. The molecule has 2 heterocycles. The fourth-order valence-corrected chi connectivity index (χ4v) is 2.89. The van der Waals surface area contributed by atoms with E-state index in [1.807, 2.05) is 24.3 Å². The van der Waals surface area contributed by atoms with Crippen molar-refractivity contribution >= 4 is 28.5 Å². The van der Waals surface area contributed by atoms with E-state index in [1.165, 1.54) is 18.1 Å². The molecular formula is C14H11N5OS. The number of nitrogens with two attached hydrogens (primary N) is 1. The van der Waals surface area contributed by atoms with Crippen LogP contribution in [0.2, 0.25) is 0 Å². The van der Waals surface area contributed by atoms with Crippen LogP contribution in [0.15, 0.2) is 64.1 Å². The minimum absolute atomic E-state index is 0.0183. The molecule has 2 aromatic heterocycles. The van der Waals surface area contributed by atoms with E-state index in [9.17, 15) is 0 Å². The third-order valence-electron chi connectivity index (χ3n) is 2.87. The summed E-state index contributed by atoms with van der Waals surface area (Å²) in [6.07, 6.45) is 4.75. The van der Waals surface area contributed by atoms with Crippen LogP contribution >= 0.6 is 11.8 Å². The average Bonchev–Trinajstić information content (AvgIpc) is 2.55. The van der Waals surface area contributed by atoms with E-state index in [4.69, 9.17) is 10.9 Å². The van der Waals surface area contributed by atoms with Crippen molar-refractivity contribution in [2.24, 2.45) is 10.9 Å². The summed E-state index contributed by atoms with van der Waals surface area (Å²) in [6, 6.07) is 9.49. The van der Waals surface area contributed by atoms with Crippen LogP contribution in [0.25, 0.3) is 10.9 Å². The number of rotatable bonds is 3. The van der Waals surface area contributed by atoms with Crippen LogP contribution in [0.5, 0.6) is 0 Å². The number of pyridine rings is 1. The van der Waals surface area contributed by atoms with Gasteiger partial charge in [-0.15, -0.1) is 0 Å². The molecule has 3 aromatic rings. The van der Waals surface area contributed by atoms with Crippen LogP contribution in [0.3, 0.4) is 0 Å². The van der Waals surface area contributed by atoms with Crippen LogP contribution in [0.4, 0.5) is 0 Å². The zero-order chi connectivity index (χ0) is 14.7. The summed E-state index contributed by atoms with van der Waals surface area (Å²) in [5, 5.41) is 13.7. The first-order chi connectivity index (χ1) is 10.3. The van der Waals surface area contributed by atoms with Gasteiger partial charge in [-0.3, -0.25) is 4.98 Å². The first-order valence-electron chi connectivity index (χ1n) is 6.09. The topological polar surface area (TPSA) is 97.3 Å². The second kappa shape index (κ2) is 5.76. The Kier molecular flexibility index (Phi) is 3.65. The smallest absolute Gasteiger partial charge is 0.172 e. The summed E-state index contributed by atoms with van der Waals surface area (Å²) in [5.74, 6) is 0.0183. The summed E-state index contributed by atoms with van der Waals surface area (Å²) in [7, 11) is 0. The molecule has 3 rings (SSSR count). The molecule has 6 nitrogen and oxygen atoms in total. The van der Waals surface area contributed by atoms with E-state index in [0.29, 0.717) is 5.56 Å². The van der Waals surface area contributed by atoms with Crippen LogP contribution in [-0.2, 0) is 0 Å². The number of hydrogen-bond donors (Lipinski definition) is 2. The van der Waals surface area contributed by atoms with Crippen molar-refractivity contribution in [3.63, 3.8) is 0 Å². The van der Waals surface area contributed by atoms with Crippen molar-refractivity contribution in [1.29, 1.82) is 0 Å². The van der Waals surface area contributed by atoms with Crippen molar-refractivity contribution in [2.75, 3.05) is 0 Å². The predicted molar refractivity (Wildman–Crippen MR) is 80.4 cm³/mol. The molecule has 21 heavy (non-hydrogen) atoms. The van der Waals surface area contributed by atoms with Gasteiger partial charge in [0.1, 0.15) is 11.4 Å². The number of para-hydroxylation sites is 1. The maximum atomic E-state index is 8.95. The second-order valence-electron chi connectivity index (χ2n) is 4.15. The SMILES string of the molecule is NC(=NO)c1cnc2ccccc2c1Sc1ccncn1. The number of fused-ring (bicyclic) bond motifs is 1. The van der Waals surface area contributed by atoms with Gasteiger partial charge >= 0.3 is 0 Å². The van der Waals surface area contributed by atoms with Gasteiger partial charge in [-0.2, -0.15) is 0 Å². The number of oxime groups is 1. The van der Waals surface area contributed by atoms with Crippen LogP contribution in [-0.4, -0.2) is 26.0 Å². The fourth-order valence-electron chi connectivity index (χ4n) is 1.91. The quantitative estimate of drug-likeness (QED) is 0.253. The zero-order valence-corrected chi connectivity index (χ0v) is 11.7. The first kappa shape index (κ1) is 13.3. The average molecular weight is 297 g/mol. The highest BCUT2D eigenvalue weighted by Gasteiger charge is 2.14. The summed E-state index contributed by atoms with van der Waals surface area (Å²) in [6.45, 7) is 0. The highest BCUT2D eigenvalue weighted by atomic mass is 32.2. The highest BCUT2D eigenvalue weighted by Crippen LogP contribution is 2.34. The van der Waals surface area contributed by atoms with Crippen molar-refractivity contribution in [1.82, 2.24) is 15.0 Å². The van der Waals surface area contributed by atoms with Gasteiger partial charge in [0.15, 0.2) is 5.84 Å². The minimum atomic E-state index is 0.0183. The van der Waals surface area contributed by atoms with Gasteiger partial charge in [-0.25, -0.2) is 9.97 Å². The van der Waals surface area contributed by atoms with Crippen LogP contribution < -0.4 is 5.73 Å². The van der Waals surface area contributed by atoms with Gasteiger partial charge in [-0.05, 0) is 12.1 Å². The molecule has 0 spiro atoms. The zero-order valence-electron chi connectivity index (χ0n) is 10.8. The maximum Gasteiger partial charge on any atom is 0.172 e. The molecule has 7 heteroatoms. The molecule has 1 aromatic carbocycles. The molecule has 104 valence electrons. The molecule has 0 saturated carbocycles. The Morgan fingerprint density at radius 2 is 2.05 bits per heavy atom. The van der Waals surface area contributed by atoms with E-state index >= 15 is 0 Å². The second-order valence-corrected chi connectivity index (χ2v) is 5.18. The molecule has 0 aliphatic carbocycles. The number of amidine groups is 1. The lowest BCUT2D eigenvalue weighted by molar-refractivity contribution is 0.318. The third-order valence-corrected chi connectivity index (χ3v) is 3.97. The van der Waals surface area contributed by atoms with Crippen LogP contribution in [0, 0.1) is 0 Å². The van der Waals surface area contributed by atoms with Gasteiger partial charge in [0, 0.05) is 22.7 Å². The lowest BCUT2D eigenvalue weighted by Crippen LogP contribution is -2.15. The summed E-state index contributed by atoms with van der Waals surface area (Å²) in [5.41, 5.74) is 7.16. The Hall–Kier alpha value is -2.67. The third kappa shape index (κ3) is 2.63. The Morgan fingerprint density at radius 1 is 1.19 bits per heavy atom. The lowest BCUT2D eigenvalue weighted by Gasteiger charge is -2.10. The Labute approximate surface area is 124 Å². The van der Waals surface area contributed by atoms with Crippen molar-refractivity contribution in [2.45, 2.75) is 9.92 Å². The van der Waals surface area contributed by atoms with E-state index in [-0.39, 0.29) is 5.84 Å². The monoisotopic (exact) mass is 297 g/mol. The molecule has 0 radical (unpaired) electrons. The van der Waals surface area contributed by atoms with E-state index in [0.717, 1.165) is 20.8 Å². The molecule has 0 saturated heterocycles. The summed E-state index contributed by atoms with van der Waals surface area (Å²) >= 11 is 1.42. The van der Waals surface area contributed by atoms with Crippen LogP contribution in [0.1, 0.15) is 5.56 Å². The van der Waals surface area contributed by atoms with Gasteiger partial charge in [-0.1, -0.05) is 35.1 Å². The number of benzene rings is 1. The molecule has 3 N–H and O–H groups in total. The Morgan fingerprint density at radius 3 is 2.81 bits per heavy atom. The van der Waals surface area contributed by atoms with Gasteiger partial charge in [0.05, 0.1) is 11.1 Å². The molecule has 0 unspecified atom stereocenters. The van der Waals surface area contributed by atoms with E-state index < -0.39 is 0 Å². The highest BCUT2D eigenvalue weighted by molar-refractivity contribution is 7.99. The minimum Gasteiger partial charge on any atom is -0.409 e. The number of hydrogen-bond acceptors (Lipinski definition) is 6. The van der Waals surface area contributed by atoms with Gasteiger partial charge < -0.3 is 10.9 Å². The molecule has 0 atom stereocenters. The lowest BCUT2D eigenvalue weighted by atomic mass is 10.1. The molecule has 0 aliphatic rings. The Bertz CT molecular complexity index is 807. The van der Waals surface area contributed by atoms with Crippen molar-refractivity contribution in [3.8, 4) is 0 Å². The first-order valence-corrected chi connectivity index (χ1v) is 6.91. The van der Waals surface area contributed by atoms with Crippen molar-refractivity contribution < 1.29 is 5.21 Å². The predicted octanol–water partition coefficient (Wildman–Crippen LogP) is 2.27. The number of aromatic nitrogens is 3. The van der Waals surface area contributed by atoms with Gasteiger partial charge in [0.2, 0.25) is 0 Å². The van der Waals surface area contributed by atoms with Crippen molar-refractivity contribution in [3.05, 3.63) is 54.6 Å². The molecule has 0 aliphatic heterocycles. The molecular weight excluding hydrogens is 286 g/mol. The summed E-state index contributed by atoms with van der Waals surface area (Å²) in [4.78, 5) is 13.3.